The van der Waals surface area contributed by atoms with Gasteiger partial charge < -0.3 is 14.9 Å². The van der Waals surface area contributed by atoms with E-state index in [2.05, 4.69) is 16.7 Å². The van der Waals surface area contributed by atoms with E-state index < -0.39 is 0 Å². The topological polar surface area (TPSA) is 26.7 Å². The summed E-state index contributed by atoms with van der Waals surface area (Å²) in [6.07, 6.45) is 4.00. The van der Waals surface area contributed by atoms with Gasteiger partial charge in [0.2, 0.25) is 0 Å². The minimum Gasteiger partial charge on any atom is -0.395 e. The predicted molar refractivity (Wildman–Crippen MR) is 64.0 cm³/mol. The molecule has 3 nitrogen and oxygen atoms in total. The molecule has 15 heavy (non-hydrogen) atoms. The van der Waals surface area contributed by atoms with E-state index in [-0.39, 0.29) is 6.61 Å². The Bertz CT molecular complexity index is 165. The van der Waals surface area contributed by atoms with Gasteiger partial charge in [-0.05, 0) is 45.9 Å². The van der Waals surface area contributed by atoms with Gasteiger partial charge in [0.25, 0.3) is 0 Å². The lowest BCUT2D eigenvalue weighted by Crippen LogP contribution is -2.45. The van der Waals surface area contributed by atoms with E-state index in [1.165, 1.54) is 32.4 Å². The lowest BCUT2D eigenvalue weighted by molar-refractivity contribution is 0.0992. The number of hydrogen-bond donors (Lipinski definition) is 1. The van der Waals surface area contributed by atoms with Gasteiger partial charge in [0, 0.05) is 12.6 Å². The molecular weight excluding hydrogens is 188 g/mol. The standard InChI is InChI=1S/C12H26N2O/c1-4-11-5-7-14(8-6-11)9-12(10-15)13(2)3/h11-12,15H,4-10H2,1-3H3. The van der Waals surface area contributed by atoms with Crippen molar-refractivity contribution < 1.29 is 5.11 Å². The number of hydrogen-bond acceptors (Lipinski definition) is 3. The number of aliphatic hydroxyl groups is 1. The van der Waals surface area contributed by atoms with Crippen LogP contribution in [0.4, 0.5) is 0 Å². The molecule has 1 fully saturated rings. The number of rotatable bonds is 5. The van der Waals surface area contributed by atoms with E-state index in [4.69, 9.17) is 0 Å². The fraction of sp³-hybridized carbons (Fsp3) is 1.00. The molecule has 0 bridgehead atoms. The summed E-state index contributed by atoms with van der Waals surface area (Å²) in [5.41, 5.74) is 0. The average molecular weight is 214 g/mol. The van der Waals surface area contributed by atoms with Gasteiger partial charge in [-0.1, -0.05) is 13.3 Å². The highest BCUT2D eigenvalue weighted by molar-refractivity contribution is 4.76. The quantitative estimate of drug-likeness (QED) is 0.740. The molecule has 0 aliphatic carbocycles. The molecule has 1 N–H and O–H groups in total. The van der Waals surface area contributed by atoms with Crippen molar-refractivity contribution in [3.05, 3.63) is 0 Å². The summed E-state index contributed by atoms with van der Waals surface area (Å²) in [6.45, 7) is 5.99. The molecule has 0 spiro atoms. The number of piperidine rings is 1. The van der Waals surface area contributed by atoms with Gasteiger partial charge >= 0.3 is 0 Å². The molecule has 0 aromatic carbocycles. The van der Waals surface area contributed by atoms with Gasteiger partial charge in [0.05, 0.1) is 6.61 Å². The number of aliphatic hydroxyl groups excluding tert-OH is 1. The highest BCUT2D eigenvalue weighted by atomic mass is 16.3. The van der Waals surface area contributed by atoms with Gasteiger partial charge in [-0.2, -0.15) is 0 Å². The molecule has 0 radical (unpaired) electrons. The van der Waals surface area contributed by atoms with Crippen LogP contribution in [-0.4, -0.2) is 61.3 Å². The molecule has 1 atom stereocenters. The summed E-state index contributed by atoms with van der Waals surface area (Å²) in [4.78, 5) is 4.61. The van der Waals surface area contributed by atoms with E-state index >= 15 is 0 Å². The van der Waals surface area contributed by atoms with Crippen LogP contribution in [0.25, 0.3) is 0 Å². The van der Waals surface area contributed by atoms with Gasteiger partial charge in [0.1, 0.15) is 0 Å². The third-order valence-corrected chi connectivity index (χ3v) is 3.69. The van der Waals surface area contributed by atoms with Crippen LogP contribution in [0, 0.1) is 5.92 Å². The van der Waals surface area contributed by atoms with E-state index in [9.17, 15) is 5.11 Å². The van der Waals surface area contributed by atoms with Crippen molar-refractivity contribution in [2.45, 2.75) is 32.2 Å². The highest BCUT2D eigenvalue weighted by Gasteiger charge is 2.21. The van der Waals surface area contributed by atoms with Crippen molar-refractivity contribution in [1.29, 1.82) is 0 Å². The SMILES string of the molecule is CCC1CCN(CC(CO)N(C)C)CC1. The van der Waals surface area contributed by atoms with Crippen molar-refractivity contribution >= 4 is 0 Å². The van der Waals surface area contributed by atoms with Crippen molar-refractivity contribution in [2.24, 2.45) is 5.92 Å². The second kappa shape index (κ2) is 6.46. The van der Waals surface area contributed by atoms with Crippen LogP contribution >= 0.6 is 0 Å². The second-order valence-corrected chi connectivity index (χ2v) is 4.95. The second-order valence-electron chi connectivity index (χ2n) is 4.95. The first-order valence-corrected chi connectivity index (χ1v) is 6.17. The predicted octanol–water partition coefficient (Wildman–Crippen LogP) is 1.03. The molecule has 1 heterocycles. The smallest absolute Gasteiger partial charge is 0.0599 e. The molecule has 1 unspecified atom stereocenters. The van der Waals surface area contributed by atoms with Crippen LogP contribution < -0.4 is 0 Å². The number of nitrogens with zero attached hydrogens (tertiary/aromatic N) is 2. The Balaban J connectivity index is 2.28. The van der Waals surface area contributed by atoms with E-state index in [0.29, 0.717) is 6.04 Å². The number of likely N-dealkylation sites (N-methyl/N-ethyl adjacent to an activating group) is 1. The Labute approximate surface area is 94.1 Å². The van der Waals surface area contributed by atoms with E-state index in [1.54, 1.807) is 0 Å². The third-order valence-electron chi connectivity index (χ3n) is 3.69. The summed E-state index contributed by atoms with van der Waals surface area (Å²) in [5, 5.41) is 9.26. The molecule has 0 aromatic heterocycles. The Morgan fingerprint density at radius 2 is 1.93 bits per heavy atom. The lowest BCUT2D eigenvalue weighted by atomic mass is 9.94. The average Bonchev–Trinajstić information content (AvgIpc) is 2.26. The Morgan fingerprint density at radius 3 is 2.33 bits per heavy atom. The molecule has 1 aliphatic rings. The first-order chi connectivity index (χ1) is 7.17. The van der Waals surface area contributed by atoms with Crippen LogP contribution in [-0.2, 0) is 0 Å². The first kappa shape index (κ1) is 12.9. The van der Waals surface area contributed by atoms with E-state index in [0.717, 1.165) is 12.5 Å². The normalized spacial score (nSPS) is 22.2. The Kier molecular flexibility index (Phi) is 5.58. The maximum atomic E-state index is 9.26. The maximum Gasteiger partial charge on any atom is 0.0599 e. The van der Waals surface area contributed by atoms with Gasteiger partial charge in [-0.3, -0.25) is 0 Å². The zero-order valence-electron chi connectivity index (χ0n) is 10.4. The van der Waals surface area contributed by atoms with Crippen molar-refractivity contribution in [1.82, 2.24) is 9.80 Å². The summed E-state index contributed by atoms with van der Waals surface area (Å²) in [5.74, 6) is 0.938. The molecular formula is C12H26N2O. The van der Waals surface area contributed by atoms with Crippen LogP contribution in [0.2, 0.25) is 0 Å². The van der Waals surface area contributed by atoms with Crippen molar-refractivity contribution in [3.63, 3.8) is 0 Å². The highest BCUT2D eigenvalue weighted by Crippen LogP contribution is 2.20. The van der Waals surface area contributed by atoms with Crippen LogP contribution in [0.15, 0.2) is 0 Å². The fourth-order valence-electron chi connectivity index (χ4n) is 2.26. The van der Waals surface area contributed by atoms with E-state index in [1.807, 2.05) is 14.1 Å². The van der Waals surface area contributed by atoms with Gasteiger partial charge in [-0.25, -0.2) is 0 Å². The molecule has 1 aliphatic heterocycles. The molecule has 0 aromatic rings. The number of likely N-dealkylation sites (tertiary alicyclic amines) is 1. The van der Waals surface area contributed by atoms with Gasteiger partial charge in [0.15, 0.2) is 0 Å². The summed E-state index contributed by atoms with van der Waals surface area (Å²) in [7, 11) is 4.08. The van der Waals surface area contributed by atoms with Crippen LogP contribution in [0.3, 0.4) is 0 Å². The largest absolute Gasteiger partial charge is 0.395 e. The minimum absolute atomic E-state index is 0.265. The molecule has 1 saturated heterocycles. The Morgan fingerprint density at radius 1 is 1.33 bits per heavy atom. The van der Waals surface area contributed by atoms with Crippen LogP contribution in [0.1, 0.15) is 26.2 Å². The summed E-state index contributed by atoms with van der Waals surface area (Å²) >= 11 is 0. The monoisotopic (exact) mass is 214 g/mol. The van der Waals surface area contributed by atoms with Gasteiger partial charge in [-0.15, -0.1) is 0 Å². The zero-order valence-corrected chi connectivity index (χ0v) is 10.4. The van der Waals surface area contributed by atoms with Crippen molar-refractivity contribution in [2.75, 3.05) is 40.3 Å². The zero-order chi connectivity index (χ0) is 11.3. The lowest BCUT2D eigenvalue weighted by Gasteiger charge is -2.35. The third kappa shape index (κ3) is 4.09. The molecule has 0 saturated carbocycles. The summed E-state index contributed by atoms with van der Waals surface area (Å²) in [6, 6.07) is 0.295. The Hall–Kier alpha value is -0.120. The van der Waals surface area contributed by atoms with Crippen LogP contribution in [0.5, 0.6) is 0 Å². The first-order valence-electron chi connectivity index (χ1n) is 6.17. The van der Waals surface area contributed by atoms with Crippen molar-refractivity contribution in [3.8, 4) is 0 Å². The maximum absolute atomic E-state index is 9.26. The minimum atomic E-state index is 0.265. The molecule has 90 valence electrons. The molecule has 1 rings (SSSR count). The molecule has 0 amide bonds. The fourth-order valence-corrected chi connectivity index (χ4v) is 2.26. The summed E-state index contributed by atoms with van der Waals surface area (Å²) < 4.78 is 0. The molecule has 3 heteroatoms.